The number of hydrogen-bond donors (Lipinski definition) is 2. The van der Waals surface area contributed by atoms with Crippen LogP contribution in [0, 0.1) is 6.92 Å². The highest BCUT2D eigenvalue weighted by Gasteiger charge is 2.12. The van der Waals surface area contributed by atoms with Crippen molar-refractivity contribution in [2.45, 2.75) is 33.6 Å². The van der Waals surface area contributed by atoms with Gasteiger partial charge in [0.25, 0.3) is 0 Å². The van der Waals surface area contributed by atoms with E-state index in [9.17, 15) is 4.79 Å². The Bertz CT molecular complexity index is 442. The number of benzene rings is 1. The van der Waals surface area contributed by atoms with Gasteiger partial charge in [-0.3, -0.25) is 4.79 Å². The van der Waals surface area contributed by atoms with E-state index in [1.54, 1.807) is 0 Å². The van der Waals surface area contributed by atoms with Gasteiger partial charge in [0, 0.05) is 19.2 Å². The van der Waals surface area contributed by atoms with Crippen LogP contribution in [-0.2, 0) is 4.79 Å². The molecule has 0 heterocycles. The van der Waals surface area contributed by atoms with E-state index >= 15 is 0 Å². The summed E-state index contributed by atoms with van der Waals surface area (Å²) in [7, 11) is 1.90. The lowest BCUT2D eigenvalue weighted by Crippen LogP contribution is -2.17. The quantitative estimate of drug-likeness (QED) is 0.777. The summed E-state index contributed by atoms with van der Waals surface area (Å²) < 4.78 is 5.80. The van der Waals surface area contributed by atoms with E-state index in [0.29, 0.717) is 12.5 Å². The minimum absolute atomic E-state index is 0.0540. The van der Waals surface area contributed by atoms with E-state index in [1.165, 1.54) is 6.92 Å². The molecule has 0 aliphatic heterocycles. The Morgan fingerprint density at radius 3 is 2.58 bits per heavy atom. The molecular formula is C15H24N2O2. The minimum atomic E-state index is -0.0540. The number of ether oxygens (including phenoxy) is 1. The smallest absolute Gasteiger partial charge is 0.221 e. The summed E-state index contributed by atoms with van der Waals surface area (Å²) in [6, 6.07) is 4.01. The number of likely N-dealkylation sites (N-methyl/N-ethyl adjacent to an activating group) is 1. The molecule has 1 amide bonds. The summed E-state index contributed by atoms with van der Waals surface area (Å²) in [5.41, 5.74) is 2.99. The Labute approximate surface area is 115 Å². The van der Waals surface area contributed by atoms with Gasteiger partial charge < -0.3 is 15.4 Å². The van der Waals surface area contributed by atoms with Gasteiger partial charge in [0.1, 0.15) is 12.4 Å². The first-order valence-electron chi connectivity index (χ1n) is 6.65. The van der Waals surface area contributed by atoms with Gasteiger partial charge >= 0.3 is 0 Å². The highest BCUT2D eigenvalue weighted by Crippen LogP contribution is 2.32. The monoisotopic (exact) mass is 264 g/mol. The number of rotatable bonds is 6. The molecular weight excluding hydrogens is 240 g/mol. The topological polar surface area (TPSA) is 50.4 Å². The van der Waals surface area contributed by atoms with Gasteiger partial charge in [0.15, 0.2) is 0 Å². The van der Waals surface area contributed by atoms with Crippen molar-refractivity contribution in [3.63, 3.8) is 0 Å². The van der Waals surface area contributed by atoms with E-state index in [0.717, 1.165) is 29.1 Å². The molecule has 4 nitrogen and oxygen atoms in total. The first-order valence-corrected chi connectivity index (χ1v) is 6.65. The Hall–Kier alpha value is -1.55. The van der Waals surface area contributed by atoms with Crippen LogP contribution in [0.25, 0.3) is 0 Å². The molecule has 0 saturated heterocycles. The Kier molecular flexibility index (Phi) is 5.83. The van der Waals surface area contributed by atoms with Gasteiger partial charge in [0.2, 0.25) is 5.91 Å². The first-order chi connectivity index (χ1) is 8.95. The average molecular weight is 264 g/mol. The van der Waals surface area contributed by atoms with Crippen LogP contribution >= 0.6 is 0 Å². The third kappa shape index (κ3) is 4.56. The van der Waals surface area contributed by atoms with Crippen LogP contribution in [0.4, 0.5) is 5.69 Å². The number of nitrogens with one attached hydrogen (secondary N) is 2. The predicted octanol–water partition coefficient (Wildman–Crippen LogP) is 2.68. The van der Waals surface area contributed by atoms with E-state index in [4.69, 9.17) is 4.74 Å². The van der Waals surface area contributed by atoms with Crippen molar-refractivity contribution in [3.8, 4) is 5.75 Å². The molecule has 0 bridgehead atoms. The molecule has 0 spiro atoms. The van der Waals surface area contributed by atoms with Crippen LogP contribution in [0.15, 0.2) is 12.1 Å². The van der Waals surface area contributed by atoms with Crippen molar-refractivity contribution >= 4 is 11.6 Å². The van der Waals surface area contributed by atoms with Crippen molar-refractivity contribution in [2.24, 2.45) is 0 Å². The lowest BCUT2D eigenvalue weighted by molar-refractivity contribution is -0.114. The summed E-state index contributed by atoms with van der Waals surface area (Å²) in [5.74, 6) is 1.19. The zero-order valence-electron chi connectivity index (χ0n) is 12.5. The molecule has 1 aromatic carbocycles. The number of aryl methyl sites for hydroxylation is 1. The first kappa shape index (κ1) is 15.5. The Morgan fingerprint density at radius 2 is 2.05 bits per heavy atom. The summed E-state index contributed by atoms with van der Waals surface area (Å²) in [4.78, 5) is 11.2. The lowest BCUT2D eigenvalue weighted by atomic mass is 9.99. The van der Waals surface area contributed by atoms with E-state index < -0.39 is 0 Å². The van der Waals surface area contributed by atoms with Gasteiger partial charge in [0.05, 0.1) is 0 Å². The molecule has 106 valence electrons. The average Bonchev–Trinajstić information content (AvgIpc) is 2.31. The van der Waals surface area contributed by atoms with Crippen LogP contribution in [0.2, 0.25) is 0 Å². The normalized spacial score (nSPS) is 10.6. The van der Waals surface area contributed by atoms with Crippen LogP contribution < -0.4 is 15.4 Å². The molecule has 1 aromatic rings. The molecule has 0 fully saturated rings. The van der Waals surface area contributed by atoms with Gasteiger partial charge in [-0.1, -0.05) is 13.8 Å². The molecule has 0 aliphatic rings. The fourth-order valence-corrected chi connectivity index (χ4v) is 1.86. The molecule has 4 heteroatoms. The van der Waals surface area contributed by atoms with Crippen LogP contribution in [-0.4, -0.2) is 26.1 Å². The fraction of sp³-hybridized carbons (Fsp3) is 0.533. The molecule has 0 radical (unpaired) electrons. The third-order valence-corrected chi connectivity index (χ3v) is 2.90. The van der Waals surface area contributed by atoms with E-state index in [2.05, 4.69) is 24.5 Å². The highest BCUT2D eigenvalue weighted by molar-refractivity contribution is 5.89. The SMILES string of the molecule is CNCCOc1cc(C)c(NC(C)=O)cc1C(C)C. The number of amides is 1. The van der Waals surface area contributed by atoms with E-state index in [1.807, 2.05) is 26.1 Å². The minimum Gasteiger partial charge on any atom is -0.492 e. The predicted molar refractivity (Wildman–Crippen MR) is 79.0 cm³/mol. The van der Waals surface area contributed by atoms with Crippen LogP contribution in [0.5, 0.6) is 5.75 Å². The molecule has 1 rings (SSSR count). The lowest BCUT2D eigenvalue weighted by Gasteiger charge is -2.18. The molecule has 0 unspecified atom stereocenters. The maximum absolute atomic E-state index is 11.2. The van der Waals surface area contributed by atoms with Crippen LogP contribution in [0.1, 0.15) is 37.8 Å². The van der Waals surface area contributed by atoms with Crippen molar-refractivity contribution in [1.82, 2.24) is 5.32 Å². The highest BCUT2D eigenvalue weighted by atomic mass is 16.5. The van der Waals surface area contributed by atoms with Crippen molar-refractivity contribution in [1.29, 1.82) is 0 Å². The van der Waals surface area contributed by atoms with Crippen molar-refractivity contribution in [3.05, 3.63) is 23.3 Å². The molecule has 0 atom stereocenters. The molecule has 0 aromatic heterocycles. The maximum atomic E-state index is 11.2. The number of carbonyl (C=O) groups is 1. The molecule has 0 aliphatic carbocycles. The number of anilines is 1. The Balaban J connectivity index is 3.03. The summed E-state index contributed by atoms with van der Waals surface area (Å²) in [6.45, 7) is 9.17. The van der Waals surface area contributed by atoms with Crippen molar-refractivity contribution < 1.29 is 9.53 Å². The Morgan fingerprint density at radius 1 is 1.37 bits per heavy atom. The van der Waals surface area contributed by atoms with Gasteiger partial charge in [-0.15, -0.1) is 0 Å². The summed E-state index contributed by atoms with van der Waals surface area (Å²) >= 11 is 0. The van der Waals surface area contributed by atoms with E-state index in [-0.39, 0.29) is 5.91 Å². The van der Waals surface area contributed by atoms with Crippen LogP contribution in [0.3, 0.4) is 0 Å². The third-order valence-electron chi connectivity index (χ3n) is 2.90. The summed E-state index contributed by atoms with van der Waals surface area (Å²) in [5, 5.41) is 5.91. The zero-order chi connectivity index (χ0) is 14.4. The number of hydrogen-bond acceptors (Lipinski definition) is 3. The molecule has 0 saturated carbocycles. The van der Waals surface area contributed by atoms with Gasteiger partial charge in [-0.05, 0) is 43.1 Å². The van der Waals surface area contributed by atoms with Gasteiger partial charge in [-0.25, -0.2) is 0 Å². The molecule has 2 N–H and O–H groups in total. The second kappa shape index (κ2) is 7.14. The maximum Gasteiger partial charge on any atom is 0.221 e. The largest absolute Gasteiger partial charge is 0.492 e. The second-order valence-corrected chi connectivity index (χ2v) is 4.99. The standard InChI is InChI=1S/C15H24N2O2/c1-10(2)13-9-14(17-12(4)18)11(3)8-15(13)19-7-6-16-5/h8-10,16H,6-7H2,1-5H3,(H,17,18). The number of carbonyl (C=O) groups excluding carboxylic acids is 1. The van der Waals surface area contributed by atoms with Gasteiger partial charge in [-0.2, -0.15) is 0 Å². The summed E-state index contributed by atoms with van der Waals surface area (Å²) in [6.07, 6.45) is 0. The second-order valence-electron chi connectivity index (χ2n) is 4.99. The van der Waals surface area contributed by atoms with Crippen molar-refractivity contribution in [2.75, 3.05) is 25.5 Å². The molecule has 19 heavy (non-hydrogen) atoms. The zero-order valence-corrected chi connectivity index (χ0v) is 12.5. The fourth-order valence-electron chi connectivity index (χ4n) is 1.86.